The normalized spacial score (nSPS) is 18.7. The van der Waals surface area contributed by atoms with Crippen LogP contribution in [0.2, 0.25) is 0 Å². The van der Waals surface area contributed by atoms with E-state index in [1.807, 2.05) is 30.3 Å². The molecule has 2 aliphatic heterocycles. The molecule has 0 radical (unpaired) electrons. The van der Waals surface area contributed by atoms with Gasteiger partial charge >= 0.3 is 0 Å². The van der Waals surface area contributed by atoms with E-state index < -0.39 is 0 Å². The Labute approximate surface area is 216 Å². The zero-order valence-corrected chi connectivity index (χ0v) is 20.9. The molecular weight excluding hydrogens is 462 g/mol. The second kappa shape index (κ2) is 9.63. The summed E-state index contributed by atoms with van der Waals surface area (Å²) in [6, 6.07) is 22.4. The molecule has 8 heteroatoms. The number of anilines is 4. The number of nitrogens with one attached hydrogen (secondary N) is 2. The number of carbonyl (C=O) groups is 1. The fourth-order valence-corrected chi connectivity index (χ4v) is 5.34. The van der Waals surface area contributed by atoms with Gasteiger partial charge in [-0.2, -0.15) is 0 Å². The molecule has 2 N–H and O–H groups in total. The molecule has 2 bridgehead atoms. The van der Waals surface area contributed by atoms with Gasteiger partial charge in [-0.3, -0.25) is 9.69 Å². The first-order chi connectivity index (χ1) is 18.0. The molecule has 4 aromatic rings. The van der Waals surface area contributed by atoms with E-state index >= 15 is 0 Å². The van der Waals surface area contributed by atoms with Gasteiger partial charge in [-0.25, -0.2) is 15.0 Å². The molecule has 186 valence electrons. The van der Waals surface area contributed by atoms with Gasteiger partial charge in [-0.05, 0) is 74.5 Å². The first-order valence-electron chi connectivity index (χ1n) is 12.5. The van der Waals surface area contributed by atoms with E-state index in [1.165, 1.54) is 17.7 Å². The van der Waals surface area contributed by atoms with Gasteiger partial charge in [0, 0.05) is 60.1 Å². The number of aryl methyl sites for hydroxylation is 1. The van der Waals surface area contributed by atoms with Crippen molar-refractivity contribution < 1.29 is 4.79 Å². The first-order valence-corrected chi connectivity index (χ1v) is 12.5. The first kappa shape index (κ1) is 23.1. The molecule has 2 unspecified atom stereocenters. The summed E-state index contributed by atoms with van der Waals surface area (Å²) in [5.74, 6) is 0.845. The molecule has 0 aliphatic carbocycles. The number of likely N-dealkylation sites (N-methyl/N-ethyl adjacent to an activating group) is 1. The Morgan fingerprint density at radius 2 is 1.81 bits per heavy atom. The number of aromatic nitrogens is 3. The highest BCUT2D eigenvalue weighted by atomic mass is 16.1. The van der Waals surface area contributed by atoms with E-state index in [2.05, 4.69) is 62.6 Å². The number of piperazine rings is 1. The maximum Gasteiger partial charge on any atom is 0.256 e. The molecule has 4 heterocycles. The molecule has 2 aromatic carbocycles. The minimum atomic E-state index is -0.206. The number of nitrogens with zero attached hydrogens (tertiary/aromatic N) is 5. The Balaban J connectivity index is 1.14. The molecule has 0 spiro atoms. The number of fused-ring (bicyclic) bond motifs is 2. The van der Waals surface area contributed by atoms with Gasteiger partial charge in [-0.15, -0.1) is 0 Å². The Bertz CT molecular complexity index is 1420. The molecule has 2 saturated heterocycles. The summed E-state index contributed by atoms with van der Waals surface area (Å²) < 4.78 is 0. The smallest absolute Gasteiger partial charge is 0.256 e. The van der Waals surface area contributed by atoms with Crippen molar-refractivity contribution in [3.05, 3.63) is 90.3 Å². The Kier molecular flexibility index (Phi) is 6.02. The predicted octanol–water partition coefficient (Wildman–Crippen LogP) is 4.74. The molecule has 2 atom stereocenters. The number of hydrogen-bond donors (Lipinski definition) is 2. The average molecular weight is 492 g/mol. The van der Waals surface area contributed by atoms with Gasteiger partial charge in [0.05, 0.1) is 5.69 Å². The highest BCUT2D eigenvalue weighted by Crippen LogP contribution is 2.36. The highest BCUT2D eigenvalue weighted by Gasteiger charge is 2.41. The van der Waals surface area contributed by atoms with Gasteiger partial charge in [0.25, 0.3) is 5.91 Å². The van der Waals surface area contributed by atoms with Crippen molar-refractivity contribution >= 4 is 29.0 Å². The van der Waals surface area contributed by atoms with Crippen molar-refractivity contribution in [1.82, 2.24) is 19.9 Å². The Morgan fingerprint density at radius 1 is 0.946 bits per heavy atom. The lowest BCUT2D eigenvalue weighted by molar-refractivity contribution is 0.102. The van der Waals surface area contributed by atoms with E-state index in [0.29, 0.717) is 29.4 Å². The lowest BCUT2D eigenvalue weighted by Gasteiger charge is -2.34. The predicted molar refractivity (Wildman–Crippen MR) is 146 cm³/mol. The van der Waals surface area contributed by atoms with Crippen LogP contribution in [-0.2, 0) is 0 Å². The van der Waals surface area contributed by atoms with Gasteiger partial charge in [0.2, 0.25) is 5.95 Å². The monoisotopic (exact) mass is 491 g/mol. The third kappa shape index (κ3) is 4.75. The lowest BCUT2D eigenvalue weighted by Crippen LogP contribution is -2.44. The minimum Gasteiger partial charge on any atom is -0.365 e. The summed E-state index contributed by atoms with van der Waals surface area (Å²) in [6.07, 6.45) is 4.64. The highest BCUT2D eigenvalue weighted by molar-refractivity contribution is 6.03. The molecular formula is C29H29N7O. The van der Waals surface area contributed by atoms with Crippen molar-refractivity contribution in [3.63, 3.8) is 0 Å². The summed E-state index contributed by atoms with van der Waals surface area (Å²) in [6.45, 7) is 4.41. The number of carbonyl (C=O) groups excluding carboxylic acids is 1. The number of hydrogen-bond acceptors (Lipinski definition) is 7. The molecule has 37 heavy (non-hydrogen) atoms. The van der Waals surface area contributed by atoms with Crippen LogP contribution in [0.3, 0.4) is 0 Å². The number of pyridine rings is 1. The molecule has 2 aromatic heterocycles. The van der Waals surface area contributed by atoms with Gasteiger partial charge in [0.1, 0.15) is 5.82 Å². The van der Waals surface area contributed by atoms with E-state index in [0.717, 1.165) is 30.0 Å². The summed E-state index contributed by atoms with van der Waals surface area (Å²) in [7, 11) is 2.23. The van der Waals surface area contributed by atoms with Crippen LogP contribution in [0.15, 0.2) is 79.1 Å². The van der Waals surface area contributed by atoms with Crippen LogP contribution >= 0.6 is 0 Å². The topological polar surface area (TPSA) is 86.3 Å². The third-order valence-corrected chi connectivity index (χ3v) is 7.28. The van der Waals surface area contributed by atoms with E-state index in [1.54, 1.807) is 30.6 Å². The standard InChI is InChI=1S/C29H29N7O/c1-19-15-22(10-11-26(19)36-18-23-16-24(36)17-35(23)2)32-29-31-14-12-25(33-29)20-6-8-21(9-7-20)28(37)34-27-5-3-4-13-30-27/h3-15,23-24H,16-18H2,1-2H3,(H,30,34,37)(H,31,32,33). The lowest BCUT2D eigenvalue weighted by atomic mass is 10.1. The molecule has 0 saturated carbocycles. The van der Waals surface area contributed by atoms with Crippen LogP contribution in [0.25, 0.3) is 11.3 Å². The zero-order valence-electron chi connectivity index (χ0n) is 20.9. The van der Waals surface area contributed by atoms with Crippen LogP contribution in [-0.4, -0.2) is 58.0 Å². The van der Waals surface area contributed by atoms with E-state index in [9.17, 15) is 4.79 Å². The molecule has 2 fully saturated rings. The maximum absolute atomic E-state index is 12.5. The Hall–Kier alpha value is -4.30. The van der Waals surface area contributed by atoms with Crippen molar-refractivity contribution in [3.8, 4) is 11.3 Å². The van der Waals surface area contributed by atoms with Gasteiger partial charge in [-0.1, -0.05) is 18.2 Å². The molecule has 8 nitrogen and oxygen atoms in total. The van der Waals surface area contributed by atoms with Gasteiger partial charge < -0.3 is 15.5 Å². The maximum atomic E-state index is 12.5. The largest absolute Gasteiger partial charge is 0.365 e. The summed E-state index contributed by atoms with van der Waals surface area (Å²) in [4.78, 5) is 30.8. The second-order valence-electron chi connectivity index (χ2n) is 9.77. The second-order valence-corrected chi connectivity index (χ2v) is 9.77. The summed E-state index contributed by atoms with van der Waals surface area (Å²) >= 11 is 0. The number of amides is 1. The van der Waals surface area contributed by atoms with Crippen LogP contribution in [0.5, 0.6) is 0 Å². The summed E-state index contributed by atoms with van der Waals surface area (Å²) in [5, 5.41) is 6.15. The fraction of sp³-hybridized carbons (Fsp3) is 0.241. The zero-order chi connectivity index (χ0) is 25.4. The number of rotatable bonds is 6. The fourth-order valence-electron chi connectivity index (χ4n) is 5.34. The van der Waals surface area contributed by atoms with Gasteiger partial charge in [0.15, 0.2) is 0 Å². The van der Waals surface area contributed by atoms with Crippen molar-refractivity contribution in [2.24, 2.45) is 0 Å². The Morgan fingerprint density at radius 3 is 2.51 bits per heavy atom. The van der Waals surface area contributed by atoms with Crippen LogP contribution in [0, 0.1) is 6.92 Å². The average Bonchev–Trinajstić information content (AvgIpc) is 3.49. The van der Waals surface area contributed by atoms with Crippen molar-refractivity contribution in [1.29, 1.82) is 0 Å². The minimum absolute atomic E-state index is 0.206. The third-order valence-electron chi connectivity index (χ3n) is 7.28. The van der Waals surface area contributed by atoms with E-state index in [4.69, 9.17) is 4.98 Å². The molecule has 6 rings (SSSR count). The van der Waals surface area contributed by atoms with Crippen LogP contribution < -0.4 is 15.5 Å². The van der Waals surface area contributed by atoms with Crippen molar-refractivity contribution in [2.75, 3.05) is 35.7 Å². The SMILES string of the molecule is Cc1cc(Nc2nccc(-c3ccc(C(=O)Nc4ccccn4)cc3)n2)ccc1N1CC2CC1CN2C. The number of benzene rings is 2. The van der Waals surface area contributed by atoms with Crippen LogP contribution in [0.1, 0.15) is 22.3 Å². The molecule has 1 amide bonds. The summed E-state index contributed by atoms with van der Waals surface area (Å²) in [5.41, 5.74) is 5.75. The van der Waals surface area contributed by atoms with Crippen LogP contribution in [0.4, 0.5) is 23.1 Å². The van der Waals surface area contributed by atoms with Crippen molar-refractivity contribution in [2.45, 2.75) is 25.4 Å². The quantitative estimate of drug-likeness (QED) is 0.403. The van der Waals surface area contributed by atoms with E-state index in [-0.39, 0.29) is 5.91 Å². The molecule has 2 aliphatic rings. The number of likely N-dealkylation sites (tertiary alicyclic amines) is 1.